The van der Waals surface area contributed by atoms with Crippen LogP contribution < -0.4 is 4.74 Å². The monoisotopic (exact) mass is 333 g/mol. The van der Waals surface area contributed by atoms with Crippen LogP contribution in [0.1, 0.15) is 18.9 Å². The van der Waals surface area contributed by atoms with E-state index in [0.717, 1.165) is 12.1 Å². The van der Waals surface area contributed by atoms with E-state index in [1.165, 1.54) is 0 Å². The summed E-state index contributed by atoms with van der Waals surface area (Å²) in [6.45, 7) is 3.06. The molecule has 2 rings (SSSR count). The van der Waals surface area contributed by atoms with Gasteiger partial charge in [-0.1, -0.05) is 12.1 Å². The van der Waals surface area contributed by atoms with Gasteiger partial charge in [-0.15, -0.1) is 0 Å². The molecule has 22 heavy (non-hydrogen) atoms. The first-order valence-electron chi connectivity index (χ1n) is 7.30. The van der Waals surface area contributed by atoms with Gasteiger partial charge in [-0.05, 0) is 37.6 Å². The maximum Gasteiger partial charge on any atom is 0.272 e. The minimum Gasteiger partial charge on any atom is -0.488 e. The molecular weight excluding hydrogens is 312 g/mol. The highest BCUT2D eigenvalue weighted by Gasteiger charge is 2.26. The van der Waals surface area contributed by atoms with Crippen molar-refractivity contribution in [1.82, 2.24) is 4.90 Å². The molecule has 0 unspecified atom stereocenters. The van der Waals surface area contributed by atoms with Crippen molar-refractivity contribution in [3.8, 4) is 5.75 Å². The Labute approximate surface area is 130 Å². The second kappa shape index (κ2) is 7.37. The van der Waals surface area contributed by atoms with Crippen molar-refractivity contribution in [2.24, 2.45) is 0 Å². The lowest BCUT2D eigenvalue weighted by Crippen LogP contribution is -2.26. The highest BCUT2D eigenvalue weighted by Crippen LogP contribution is 2.17. The summed E-state index contributed by atoms with van der Waals surface area (Å²) in [6, 6.07) is 6.97. The van der Waals surface area contributed by atoms with Crippen LogP contribution in [0.2, 0.25) is 0 Å². The molecule has 1 fully saturated rings. The molecule has 0 radical (unpaired) electrons. The molecule has 0 aromatic heterocycles. The van der Waals surface area contributed by atoms with E-state index in [9.17, 15) is 17.2 Å². The number of rotatable bonds is 5. The maximum absolute atomic E-state index is 12.1. The Kier molecular flexibility index (Phi) is 5.74. The second-order valence-electron chi connectivity index (χ2n) is 5.59. The summed E-state index contributed by atoms with van der Waals surface area (Å²) >= 11 is 0. The van der Waals surface area contributed by atoms with Crippen molar-refractivity contribution in [3.63, 3.8) is 0 Å². The van der Waals surface area contributed by atoms with Gasteiger partial charge in [0.05, 0.1) is 11.0 Å². The zero-order valence-electron chi connectivity index (χ0n) is 12.5. The molecule has 0 saturated carbocycles. The first-order chi connectivity index (χ1) is 10.4. The van der Waals surface area contributed by atoms with Gasteiger partial charge in [0.2, 0.25) is 0 Å². The Bertz CT molecular complexity index is 575. The molecule has 1 aliphatic heterocycles. The molecule has 1 aromatic rings. The molecule has 1 heterocycles. The Hall–Kier alpha value is -1.21. The molecule has 1 aliphatic rings. The molecule has 1 aromatic carbocycles. The van der Waals surface area contributed by atoms with Crippen LogP contribution in [0.3, 0.4) is 0 Å². The summed E-state index contributed by atoms with van der Waals surface area (Å²) in [6.07, 6.45) is -1.85. The quantitative estimate of drug-likeness (QED) is 0.830. The fourth-order valence-corrected chi connectivity index (χ4v) is 3.76. The second-order valence-corrected chi connectivity index (χ2v) is 8.13. The Morgan fingerprint density at radius 2 is 1.95 bits per heavy atom. The van der Waals surface area contributed by atoms with E-state index in [4.69, 9.17) is 4.74 Å². The van der Waals surface area contributed by atoms with E-state index in [1.807, 2.05) is 12.1 Å². The van der Waals surface area contributed by atoms with Crippen LogP contribution in [0.4, 0.5) is 8.78 Å². The normalized spacial score (nSPS) is 22.5. The summed E-state index contributed by atoms with van der Waals surface area (Å²) in [5.41, 5.74) is 1.01. The summed E-state index contributed by atoms with van der Waals surface area (Å²) in [4.78, 5) is 2.11. The van der Waals surface area contributed by atoms with Gasteiger partial charge >= 0.3 is 0 Å². The van der Waals surface area contributed by atoms with E-state index >= 15 is 0 Å². The predicted octanol–water partition coefficient (Wildman–Crippen LogP) is 2.34. The van der Waals surface area contributed by atoms with Crippen molar-refractivity contribution >= 4 is 9.84 Å². The summed E-state index contributed by atoms with van der Waals surface area (Å²) in [5, 5.41) is -0.289. The lowest BCUT2D eigenvalue weighted by molar-refractivity contribution is 0.0819. The van der Waals surface area contributed by atoms with Gasteiger partial charge < -0.3 is 4.74 Å². The van der Waals surface area contributed by atoms with E-state index in [-0.39, 0.29) is 11.0 Å². The average molecular weight is 333 g/mol. The number of alkyl halides is 2. The number of ether oxygens (including phenoxy) is 1. The van der Waals surface area contributed by atoms with Gasteiger partial charge in [0, 0.05) is 13.1 Å². The summed E-state index contributed by atoms with van der Waals surface area (Å²) in [7, 11) is -2.98. The maximum atomic E-state index is 12.1. The molecular formula is C15H21F2NO3S. The third-order valence-electron chi connectivity index (χ3n) is 3.86. The van der Waals surface area contributed by atoms with Crippen LogP contribution in [0.15, 0.2) is 24.3 Å². The third-order valence-corrected chi connectivity index (χ3v) is 6.08. The molecule has 7 heteroatoms. The van der Waals surface area contributed by atoms with Gasteiger partial charge in [0.25, 0.3) is 6.43 Å². The smallest absolute Gasteiger partial charge is 0.272 e. The van der Waals surface area contributed by atoms with Crippen molar-refractivity contribution in [2.75, 3.05) is 25.4 Å². The molecule has 124 valence electrons. The lowest BCUT2D eigenvalue weighted by Gasteiger charge is -2.19. The molecule has 1 saturated heterocycles. The minimum absolute atomic E-state index is 0.184. The van der Waals surface area contributed by atoms with Crippen molar-refractivity contribution in [2.45, 2.75) is 31.6 Å². The number of halogens is 2. The topological polar surface area (TPSA) is 46.6 Å². The van der Waals surface area contributed by atoms with Gasteiger partial charge in [-0.3, -0.25) is 4.90 Å². The first-order valence-corrected chi connectivity index (χ1v) is 9.02. The molecule has 0 aliphatic carbocycles. The molecule has 0 spiro atoms. The lowest BCUT2D eigenvalue weighted by atomic mass is 10.2. The SMILES string of the molecule is C[C@@H]1CCN(Cc2ccc(OCC(F)F)cc2)CCS1(=O)=O. The number of benzene rings is 1. The fourth-order valence-electron chi connectivity index (χ4n) is 2.38. The largest absolute Gasteiger partial charge is 0.488 e. The van der Waals surface area contributed by atoms with E-state index < -0.39 is 22.9 Å². The van der Waals surface area contributed by atoms with E-state index in [2.05, 4.69) is 4.90 Å². The van der Waals surface area contributed by atoms with Gasteiger partial charge in [0.15, 0.2) is 9.84 Å². The van der Waals surface area contributed by atoms with Gasteiger partial charge in [-0.2, -0.15) is 0 Å². The number of nitrogens with zero attached hydrogens (tertiary/aromatic N) is 1. The summed E-state index contributed by atoms with van der Waals surface area (Å²) < 4.78 is 52.8. The Morgan fingerprint density at radius 1 is 1.27 bits per heavy atom. The zero-order valence-corrected chi connectivity index (χ0v) is 13.4. The van der Waals surface area contributed by atoms with Crippen molar-refractivity contribution in [3.05, 3.63) is 29.8 Å². The molecule has 4 nitrogen and oxygen atoms in total. The Morgan fingerprint density at radius 3 is 2.59 bits per heavy atom. The molecule has 1 atom stereocenters. The van der Waals surface area contributed by atoms with Crippen LogP contribution >= 0.6 is 0 Å². The molecule has 0 amide bonds. The fraction of sp³-hybridized carbons (Fsp3) is 0.600. The molecule has 0 bridgehead atoms. The van der Waals surface area contributed by atoms with Crippen molar-refractivity contribution in [1.29, 1.82) is 0 Å². The third kappa shape index (κ3) is 4.91. The highest BCUT2D eigenvalue weighted by molar-refractivity contribution is 7.92. The zero-order chi connectivity index (χ0) is 16.2. The van der Waals surface area contributed by atoms with Crippen LogP contribution in [0, 0.1) is 0 Å². The summed E-state index contributed by atoms with van der Waals surface area (Å²) in [5.74, 6) is 0.597. The van der Waals surface area contributed by atoms with Crippen LogP contribution in [0.5, 0.6) is 5.75 Å². The minimum atomic E-state index is -2.98. The number of hydrogen-bond donors (Lipinski definition) is 0. The number of sulfone groups is 1. The van der Waals surface area contributed by atoms with Crippen molar-refractivity contribution < 1.29 is 21.9 Å². The van der Waals surface area contributed by atoms with Crippen LogP contribution in [-0.4, -0.2) is 50.4 Å². The van der Waals surface area contributed by atoms with E-state index in [0.29, 0.717) is 25.3 Å². The van der Waals surface area contributed by atoms with Crippen LogP contribution in [-0.2, 0) is 16.4 Å². The molecule has 0 N–H and O–H groups in total. The Balaban J connectivity index is 1.91. The average Bonchev–Trinajstić information content (AvgIpc) is 2.60. The predicted molar refractivity (Wildman–Crippen MR) is 81.1 cm³/mol. The van der Waals surface area contributed by atoms with E-state index in [1.54, 1.807) is 19.1 Å². The van der Waals surface area contributed by atoms with Crippen LogP contribution in [0.25, 0.3) is 0 Å². The standard InChI is InChI=1S/C15H21F2NO3S/c1-12-6-7-18(8-9-22(12,19)20)10-13-2-4-14(5-3-13)21-11-15(16)17/h2-5,12,15H,6-11H2,1H3/t12-/m1/s1. The van der Waals surface area contributed by atoms with Gasteiger partial charge in [-0.25, -0.2) is 17.2 Å². The van der Waals surface area contributed by atoms with Gasteiger partial charge in [0.1, 0.15) is 12.4 Å². The highest BCUT2D eigenvalue weighted by atomic mass is 32.2. The number of hydrogen-bond acceptors (Lipinski definition) is 4. The first kappa shape index (κ1) is 17.1.